The Balaban J connectivity index is 2.83. The molecule has 6 heteroatoms. The highest BCUT2D eigenvalue weighted by atomic mass is 32.2. The van der Waals surface area contributed by atoms with E-state index in [-0.39, 0.29) is 11.3 Å². The molecule has 1 rings (SSSR count). The molecule has 1 amide bonds. The lowest BCUT2D eigenvalue weighted by molar-refractivity contribution is -0.148. The Morgan fingerprint density at radius 1 is 1.28 bits per heavy atom. The maximum absolute atomic E-state index is 12.4. The van der Waals surface area contributed by atoms with Crippen LogP contribution >= 0.6 is 11.8 Å². The van der Waals surface area contributed by atoms with E-state index >= 15 is 0 Å². The molecule has 136 valence electrons. The van der Waals surface area contributed by atoms with Crippen molar-refractivity contribution in [3.05, 3.63) is 35.4 Å². The maximum Gasteiger partial charge on any atom is 0.329 e. The second-order valence-corrected chi connectivity index (χ2v) is 7.83. The number of amides is 1. The fourth-order valence-electron chi connectivity index (χ4n) is 2.13. The molecule has 0 saturated heterocycles. The van der Waals surface area contributed by atoms with Crippen molar-refractivity contribution in [1.29, 1.82) is 5.26 Å². The minimum atomic E-state index is -0.841. The summed E-state index contributed by atoms with van der Waals surface area (Å²) in [5.41, 5.74) is 1.63. The van der Waals surface area contributed by atoms with Crippen LogP contribution in [0.5, 0.6) is 0 Å². The van der Waals surface area contributed by atoms with Gasteiger partial charge in [0.05, 0.1) is 0 Å². The van der Waals surface area contributed by atoms with Crippen molar-refractivity contribution in [2.45, 2.75) is 51.7 Å². The zero-order chi connectivity index (χ0) is 19.0. The molecule has 0 bridgehead atoms. The fourth-order valence-corrected chi connectivity index (χ4v) is 2.60. The van der Waals surface area contributed by atoms with E-state index in [1.807, 2.05) is 24.5 Å². The molecule has 0 fully saturated rings. The van der Waals surface area contributed by atoms with Crippen LogP contribution in [0.3, 0.4) is 0 Å². The van der Waals surface area contributed by atoms with Crippen molar-refractivity contribution in [1.82, 2.24) is 5.32 Å². The SMILES string of the molecule is CSCC[C@@H](NC(=O)c1ccc(C(C)(C)C)cc1)C(=O)O[C@@H](C)C#N. The van der Waals surface area contributed by atoms with Gasteiger partial charge in [-0.15, -0.1) is 0 Å². The Morgan fingerprint density at radius 3 is 2.36 bits per heavy atom. The quantitative estimate of drug-likeness (QED) is 0.753. The van der Waals surface area contributed by atoms with Crippen LogP contribution in [-0.4, -0.2) is 36.0 Å². The summed E-state index contributed by atoms with van der Waals surface area (Å²) >= 11 is 1.58. The average molecular weight is 362 g/mol. The van der Waals surface area contributed by atoms with Gasteiger partial charge in [-0.1, -0.05) is 32.9 Å². The number of thioether (sulfide) groups is 1. The van der Waals surface area contributed by atoms with Gasteiger partial charge in [0.25, 0.3) is 5.91 Å². The summed E-state index contributed by atoms with van der Waals surface area (Å²) < 4.78 is 5.04. The van der Waals surface area contributed by atoms with Gasteiger partial charge in [0.2, 0.25) is 0 Å². The van der Waals surface area contributed by atoms with Crippen molar-refractivity contribution in [2.24, 2.45) is 0 Å². The summed E-state index contributed by atoms with van der Waals surface area (Å²) in [5.74, 6) is -0.208. The van der Waals surface area contributed by atoms with E-state index < -0.39 is 18.1 Å². The lowest BCUT2D eigenvalue weighted by Crippen LogP contribution is -2.43. The predicted octanol–water partition coefficient (Wildman–Crippen LogP) is 3.29. The standard InChI is InChI=1S/C19H26N2O3S/c1-13(12-20)24-18(23)16(10-11-25-5)21-17(22)14-6-8-15(9-7-14)19(2,3)4/h6-9,13,16H,10-11H2,1-5H3,(H,21,22)/t13-,16+/m0/s1. The van der Waals surface area contributed by atoms with Gasteiger partial charge in [-0.25, -0.2) is 4.79 Å². The van der Waals surface area contributed by atoms with Crippen LogP contribution in [0.4, 0.5) is 0 Å². The molecule has 0 aliphatic carbocycles. The molecule has 2 atom stereocenters. The number of carbonyl (C=O) groups is 2. The van der Waals surface area contributed by atoms with Crippen molar-refractivity contribution in [2.75, 3.05) is 12.0 Å². The summed E-state index contributed by atoms with van der Waals surface area (Å²) in [6.45, 7) is 7.81. The fraction of sp³-hybridized carbons (Fsp3) is 0.526. The van der Waals surface area contributed by atoms with Crippen LogP contribution in [0, 0.1) is 11.3 Å². The second kappa shape index (κ2) is 9.47. The van der Waals surface area contributed by atoms with Gasteiger partial charge in [0.15, 0.2) is 6.10 Å². The van der Waals surface area contributed by atoms with Crippen molar-refractivity contribution < 1.29 is 14.3 Å². The van der Waals surface area contributed by atoms with Crippen LogP contribution < -0.4 is 5.32 Å². The van der Waals surface area contributed by atoms with Crippen LogP contribution in [0.15, 0.2) is 24.3 Å². The topological polar surface area (TPSA) is 79.2 Å². The Labute approximate surface area is 154 Å². The first-order valence-corrected chi connectivity index (χ1v) is 9.59. The molecule has 0 unspecified atom stereocenters. The lowest BCUT2D eigenvalue weighted by Gasteiger charge is -2.20. The van der Waals surface area contributed by atoms with Crippen LogP contribution in [0.2, 0.25) is 0 Å². The molecular formula is C19H26N2O3S. The van der Waals surface area contributed by atoms with Crippen molar-refractivity contribution >= 4 is 23.6 Å². The summed E-state index contributed by atoms with van der Waals surface area (Å²) in [6, 6.07) is 8.43. The van der Waals surface area contributed by atoms with Gasteiger partial charge >= 0.3 is 5.97 Å². The number of nitrogens with zero attached hydrogens (tertiary/aromatic N) is 1. The van der Waals surface area contributed by atoms with Gasteiger partial charge in [0, 0.05) is 5.56 Å². The normalized spacial score (nSPS) is 13.4. The number of ether oxygens (including phenoxy) is 1. The van der Waals surface area contributed by atoms with Crippen molar-refractivity contribution in [3.8, 4) is 6.07 Å². The third kappa shape index (κ3) is 6.79. The largest absolute Gasteiger partial charge is 0.446 e. The van der Waals surface area contributed by atoms with E-state index in [0.717, 1.165) is 5.56 Å². The highest BCUT2D eigenvalue weighted by molar-refractivity contribution is 7.98. The van der Waals surface area contributed by atoms with Gasteiger partial charge in [0.1, 0.15) is 12.1 Å². The second-order valence-electron chi connectivity index (χ2n) is 6.84. The van der Waals surface area contributed by atoms with E-state index in [9.17, 15) is 9.59 Å². The van der Waals surface area contributed by atoms with Crippen LogP contribution in [0.25, 0.3) is 0 Å². The van der Waals surface area contributed by atoms with E-state index in [1.165, 1.54) is 6.92 Å². The number of hydrogen-bond acceptors (Lipinski definition) is 5. The minimum absolute atomic E-state index is 0.00707. The third-order valence-corrected chi connectivity index (χ3v) is 4.33. The summed E-state index contributed by atoms with van der Waals surface area (Å²) in [6.07, 6.45) is 1.53. The highest BCUT2D eigenvalue weighted by Crippen LogP contribution is 2.22. The highest BCUT2D eigenvalue weighted by Gasteiger charge is 2.24. The number of carbonyl (C=O) groups excluding carboxylic acids is 2. The monoisotopic (exact) mass is 362 g/mol. The molecule has 0 aliphatic heterocycles. The number of nitriles is 1. The number of benzene rings is 1. The molecule has 0 spiro atoms. The van der Waals surface area contributed by atoms with Crippen molar-refractivity contribution in [3.63, 3.8) is 0 Å². The van der Waals surface area contributed by atoms with E-state index in [0.29, 0.717) is 17.7 Å². The van der Waals surface area contributed by atoms with E-state index in [1.54, 1.807) is 23.9 Å². The lowest BCUT2D eigenvalue weighted by atomic mass is 9.86. The molecule has 1 N–H and O–H groups in total. The third-order valence-electron chi connectivity index (χ3n) is 3.69. The summed E-state index contributed by atoms with van der Waals surface area (Å²) in [4.78, 5) is 24.6. The van der Waals surface area contributed by atoms with Crippen LogP contribution in [0.1, 0.15) is 50.0 Å². The number of rotatable bonds is 7. The Bertz CT molecular complexity index is 630. The minimum Gasteiger partial charge on any atom is -0.446 e. The molecule has 0 heterocycles. The summed E-state index contributed by atoms with van der Waals surface area (Å²) in [7, 11) is 0. The number of nitrogens with one attached hydrogen (secondary N) is 1. The smallest absolute Gasteiger partial charge is 0.329 e. The molecule has 0 saturated carbocycles. The Morgan fingerprint density at radius 2 is 1.88 bits per heavy atom. The van der Waals surface area contributed by atoms with Gasteiger partial charge in [-0.3, -0.25) is 4.79 Å². The molecule has 0 aliphatic rings. The van der Waals surface area contributed by atoms with E-state index in [4.69, 9.17) is 10.00 Å². The molecule has 1 aromatic carbocycles. The predicted molar refractivity (Wildman–Crippen MR) is 101 cm³/mol. The number of hydrogen-bond donors (Lipinski definition) is 1. The van der Waals surface area contributed by atoms with Gasteiger partial charge in [-0.2, -0.15) is 17.0 Å². The molecular weight excluding hydrogens is 336 g/mol. The number of esters is 1. The molecule has 25 heavy (non-hydrogen) atoms. The summed E-state index contributed by atoms with van der Waals surface area (Å²) in [5, 5.41) is 11.5. The van der Waals surface area contributed by atoms with Gasteiger partial charge < -0.3 is 10.1 Å². The molecule has 1 aromatic rings. The maximum atomic E-state index is 12.4. The zero-order valence-corrected chi connectivity index (χ0v) is 16.3. The molecule has 0 radical (unpaired) electrons. The first kappa shape index (κ1) is 21.0. The first-order valence-electron chi connectivity index (χ1n) is 8.19. The molecule has 5 nitrogen and oxygen atoms in total. The Hall–Kier alpha value is -2.00. The Kier molecular flexibility index (Phi) is 7.98. The van der Waals surface area contributed by atoms with Gasteiger partial charge in [-0.05, 0) is 48.5 Å². The average Bonchev–Trinajstić information content (AvgIpc) is 2.57. The zero-order valence-electron chi connectivity index (χ0n) is 15.5. The van der Waals surface area contributed by atoms with E-state index in [2.05, 4.69) is 26.1 Å². The first-order chi connectivity index (χ1) is 11.7. The van der Waals surface area contributed by atoms with Crippen LogP contribution in [-0.2, 0) is 14.9 Å². The molecule has 0 aromatic heterocycles.